The number of fused-ring (bicyclic) bond motifs is 2. The quantitative estimate of drug-likeness (QED) is 0.315. The summed E-state index contributed by atoms with van der Waals surface area (Å²) in [4.78, 5) is 12.8. The predicted molar refractivity (Wildman–Crippen MR) is 147 cm³/mol. The van der Waals surface area contributed by atoms with Crippen molar-refractivity contribution in [3.05, 3.63) is 92.5 Å². The van der Waals surface area contributed by atoms with E-state index in [9.17, 15) is 13.2 Å². The average Bonchev–Trinajstić information content (AvgIpc) is 3.19. The number of rotatable bonds is 5. The number of hydrogen-bond acceptors (Lipinski definition) is 5. The highest BCUT2D eigenvalue weighted by Crippen LogP contribution is 2.46. The summed E-state index contributed by atoms with van der Waals surface area (Å²) in [7, 11) is -3.84. The third-order valence-corrected chi connectivity index (χ3v) is 10.1. The molecule has 0 amide bonds. The highest BCUT2D eigenvalue weighted by atomic mass is 35.5. The molecule has 6 rings (SSSR count). The van der Waals surface area contributed by atoms with E-state index < -0.39 is 10.0 Å². The minimum atomic E-state index is -3.84. The van der Waals surface area contributed by atoms with Crippen LogP contribution < -0.4 is 14.3 Å². The first-order valence-corrected chi connectivity index (χ1v) is 15.2. The summed E-state index contributed by atoms with van der Waals surface area (Å²) in [6.07, 6.45) is 5.83. The SMILES string of the molecule is O=c1sc2cc(S(=O)(=O)N[C@@H]3CC4(CCCCC4)Oc4ccccc43)ccc2n1Cc1ccc(Cl)cc1. The summed E-state index contributed by atoms with van der Waals surface area (Å²) in [5, 5.41) is 0.634. The molecule has 1 aliphatic heterocycles. The van der Waals surface area contributed by atoms with Crippen molar-refractivity contribution in [2.75, 3.05) is 0 Å². The van der Waals surface area contributed by atoms with Crippen molar-refractivity contribution in [2.24, 2.45) is 0 Å². The Kier molecular flexibility index (Phi) is 6.39. The van der Waals surface area contributed by atoms with Crippen LogP contribution in [-0.4, -0.2) is 18.6 Å². The lowest BCUT2D eigenvalue weighted by Crippen LogP contribution is -2.46. The molecule has 6 nitrogen and oxygen atoms in total. The molecule has 2 aliphatic rings. The second-order valence-corrected chi connectivity index (χ2v) is 13.1. The Morgan fingerprint density at radius 3 is 2.57 bits per heavy atom. The zero-order valence-electron chi connectivity index (χ0n) is 20.2. The van der Waals surface area contributed by atoms with Gasteiger partial charge in [0.15, 0.2) is 0 Å². The smallest absolute Gasteiger partial charge is 0.308 e. The second-order valence-electron chi connectivity index (χ2n) is 9.97. The molecule has 0 radical (unpaired) electrons. The summed E-state index contributed by atoms with van der Waals surface area (Å²) >= 11 is 7.04. The topological polar surface area (TPSA) is 77.4 Å². The van der Waals surface area contributed by atoms with E-state index in [1.54, 1.807) is 34.9 Å². The maximum Gasteiger partial charge on any atom is 0.308 e. The van der Waals surface area contributed by atoms with Crippen LogP contribution in [0.5, 0.6) is 5.75 Å². The average molecular weight is 555 g/mol. The first-order valence-electron chi connectivity index (χ1n) is 12.5. The van der Waals surface area contributed by atoms with Crippen LogP contribution in [-0.2, 0) is 16.6 Å². The number of nitrogens with zero attached hydrogens (tertiary/aromatic N) is 1. The minimum absolute atomic E-state index is 0.134. The predicted octanol–water partition coefficient (Wildman–Crippen LogP) is 6.27. The van der Waals surface area contributed by atoms with E-state index in [0.29, 0.717) is 28.2 Å². The van der Waals surface area contributed by atoms with Crippen molar-refractivity contribution in [3.63, 3.8) is 0 Å². The number of thiazole rings is 1. The summed E-state index contributed by atoms with van der Waals surface area (Å²) in [6, 6.07) is 19.6. The van der Waals surface area contributed by atoms with E-state index in [0.717, 1.165) is 53.9 Å². The lowest BCUT2D eigenvalue weighted by atomic mass is 9.77. The molecule has 1 aliphatic carbocycles. The molecular formula is C28H27ClN2O4S2. The molecule has 1 atom stereocenters. The largest absolute Gasteiger partial charge is 0.487 e. The maximum atomic E-state index is 13.6. The molecule has 192 valence electrons. The summed E-state index contributed by atoms with van der Waals surface area (Å²) in [5.74, 6) is 0.760. The fourth-order valence-corrected chi connectivity index (χ4v) is 7.99. The highest BCUT2D eigenvalue weighted by Gasteiger charge is 2.43. The Morgan fingerprint density at radius 2 is 1.78 bits per heavy atom. The van der Waals surface area contributed by atoms with Gasteiger partial charge in [0, 0.05) is 17.0 Å². The van der Waals surface area contributed by atoms with Gasteiger partial charge in [0.2, 0.25) is 10.0 Å². The Labute approximate surface area is 224 Å². The fourth-order valence-electron chi connectivity index (χ4n) is 5.62. The van der Waals surface area contributed by atoms with E-state index in [1.807, 2.05) is 36.4 Å². The van der Waals surface area contributed by atoms with Gasteiger partial charge in [-0.3, -0.25) is 9.36 Å². The number of nitrogens with one attached hydrogen (secondary N) is 1. The van der Waals surface area contributed by atoms with Gasteiger partial charge in [-0.15, -0.1) is 0 Å². The number of aromatic nitrogens is 1. The lowest BCUT2D eigenvalue weighted by Gasteiger charge is -2.44. The van der Waals surface area contributed by atoms with Crippen LogP contribution in [0, 0.1) is 0 Å². The van der Waals surface area contributed by atoms with Crippen molar-refractivity contribution < 1.29 is 13.2 Å². The Morgan fingerprint density at radius 1 is 1.03 bits per heavy atom. The molecule has 1 fully saturated rings. The third-order valence-electron chi connectivity index (χ3n) is 7.46. The Bertz CT molecular complexity index is 1620. The summed E-state index contributed by atoms with van der Waals surface area (Å²) in [6.45, 7) is 0.390. The van der Waals surface area contributed by atoms with E-state index >= 15 is 0 Å². The molecule has 9 heteroatoms. The highest BCUT2D eigenvalue weighted by molar-refractivity contribution is 7.89. The molecule has 0 bridgehead atoms. The number of benzene rings is 3. The third kappa shape index (κ3) is 4.83. The number of para-hydroxylation sites is 1. The van der Waals surface area contributed by atoms with Gasteiger partial charge >= 0.3 is 4.87 Å². The van der Waals surface area contributed by atoms with Crippen LogP contribution in [0.15, 0.2) is 76.4 Å². The maximum absolute atomic E-state index is 13.6. The molecule has 1 spiro atoms. The van der Waals surface area contributed by atoms with Crippen LogP contribution in [0.25, 0.3) is 10.2 Å². The number of sulfonamides is 1. The van der Waals surface area contributed by atoms with Crippen molar-refractivity contribution in [1.29, 1.82) is 0 Å². The molecule has 0 unspecified atom stereocenters. The van der Waals surface area contributed by atoms with Gasteiger partial charge in [-0.25, -0.2) is 13.1 Å². The molecule has 0 saturated heterocycles. The molecular weight excluding hydrogens is 528 g/mol. The molecule has 2 heterocycles. The van der Waals surface area contributed by atoms with Gasteiger partial charge < -0.3 is 4.74 Å². The van der Waals surface area contributed by atoms with Crippen molar-refractivity contribution in [2.45, 2.75) is 61.6 Å². The van der Waals surface area contributed by atoms with E-state index in [-0.39, 0.29) is 21.4 Å². The second kappa shape index (κ2) is 9.58. The zero-order chi connectivity index (χ0) is 25.6. The van der Waals surface area contributed by atoms with E-state index in [2.05, 4.69) is 4.72 Å². The molecule has 1 aromatic heterocycles. The monoisotopic (exact) mass is 554 g/mol. The van der Waals surface area contributed by atoms with Crippen molar-refractivity contribution in [1.82, 2.24) is 9.29 Å². The Hall–Kier alpha value is -2.65. The first kappa shape index (κ1) is 24.7. The number of ether oxygens (including phenoxy) is 1. The Balaban J connectivity index is 1.30. The van der Waals surface area contributed by atoms with E-state index in [1.165, 1.54) is 6.42 Å². The van der Waals surface area contributed by atoms with Gasteiger partial charge in [0.05, 0.1) is 27.7 Å². The van der Waals surface area contributed by atoms with Crippen LogP contribution in [0.2, 0.25) is 5.02 Å². The van der Waals surface area contributed by atoms with Gasteiger partial charge in [0.25, 0.3) is 0 Å². The van der Waals surface area contributed by atoms with Crippen LogP contribution in [0.1, 0.15) is 55.7 Å². The lowest BCUT2D eigenvalue weighted by molar-refractivity contribution is 0.0000751. The fraction of sp³-hybridized carbons (Fsp3) is 0.321. The van der Waals surface area contributed by atoms with Crippen LogP contribution in [0.3, 0.4) is 0 Å². The van der Waals surface area contributed by atoms with Gasteiger partial charge in [-0.05, 0) is 67.6 Å². The van der Waals surface area contributed by atoms with Crippen LogP contribution >= 0.6 is 22.9 Å². The van der Waals surface area contributed by atoms with Gasteiger partial charge in [-0.1, -0.05) is 59.7 Å². The first-order chi connectivity index (χ1) is 17.8. The number of halogens is 1. The molecule has 1 saturated carbocycles. The normalized spacial score (nSPS) is 19.0. The van der Waals surface area contributed by atoms with E-state index in [4.69, 9.17) is 16.3 Å². The minimum Gasteiger partial charge on any atom is -0.487 e. The van der Waals surface area contributed by atoms with Crippen molar-refractivity contribution >= 4 is 43.2 Å². The molecule has 1 N–H and O–H groups in total. The summed E-state index contributed by atoms with van der Waals surface area (Å²) in [5.41, 5.74) is 2.19. The van der Waals surface area contributed by atoms with Gasteiger partial charge in [-0.2, -0.15) is 0 Å². The zero-order valence-corrected chi connectivity index (χ0v) is 22.5. The molecule has 37 heavy (non-hydrogen) atoms. The van der Waals surface area contributed by atoms with Gasteiger partial charge in [0.1, 0.15) is 11.4 Å². The number of hydrogen-bond donors (Lipinski definition) is 1. The standard InChI is InChI=1S/C28H27ClN2O4S2/c29-20-10-8-19(9-11-20)18-31-24-13-12-21(16-26(24)36-27(31)32)37(33,34)30-23-17-28(14-4-1-5-15-28)35-25-7-3-2-6-22(23)25/h2-3,6-13,16,23,30H,1,4-5,14-15,17-18H2/t23-/m1/s1. The van der Waals surface area contributed by atoms with Crippen molar-refractivity contribution in [3.8, 4) is 5.75 Å². The molecule has 4 aromatic rings. The molecule has 3 aromatic carbocycles. The summed E-state index contributed by atoms with van der Waals surface area (Å²) < 4.78 is 38.9. The van der Waals surface area contributed by atoms with Crippen LogP contribution in [0.4, 0.5) is 0 Å².